The van der Waals surface area contributed by atoms with E-state index in [0.717, 1.165) is 16.9 Å². The summed E-state index contributed by atoms with van der Waals surface area (Å²) in [5, 5.41) is 12.0. The molecule has 20 heavy (non-hydrogen) atoms. The van der Waals surface area contributed by atoms with E-state index in [1.54, 1.807) is 0 Å². The number of carbonyl (C=O) groups is 1. The highest BCUT2D eigenvalue weighted by Crippen LogP contribution is 2.16. The van der Waals surface area contributed by atoms with Crippen molar-refractivity contribution < 1.29 is 4.79 Å². The predicted molar refractivity (Wildman–Crippen MR) is 81.0 cm³/mol. The van der Waals surface area contributed by atoms with Crippen LogP contribution in [0.4, 0.5) is 5.69 Å². The minimum absolute atomic E-state index is 0.0345. The molecule has 0 aliphatic rings. The van der Waals surface area contributed by atoms with Gasteiger partial charge in [0.1, 0.15) is 0 Å². The Morgan fingerprint density at radius 3 is 2.80 bits per heavy atom. The van der Waals surface area contributed by atoms with Gasteiger partial charge in [0.15, 0.2) is 0 Å². The zero-order valence-electron chi connectivity index (χ0n) is 11.8. The maximum atomic E-state index is 12.0. The van der Waals surface area contributed by atoms with Gasteiger partial charge in [-0.3, -0.25) is 4.79 Å². The summed E-state index contributed by atoms with van der Waals surface area (Å²) < 4.78 is 3.82. The fourth-order valence-electron chi connectivity index (χ4n) is 1.82. The fourth-order valence-corrected chi connectivity index (χ4v) is 2.27. The minimum atomic E-state index is -0.0345. The van der Waals surface area contributed by atoms with Gasteiger partial charge in [-0.2, -0.15) is 0 Å². The Morgan fingerprint density at radius 2 is 2.20 bits per heavy atom. The van der Waals surface area contributed by atoms with Crippen molar-refractivity contribution in [1.29, 1.82) is 0 Å². The summed E-state index contributed by atoms with van der Waals surface area (Å²) in [6, 6.07) is 5.85. The second kappa shape index (κ2) is 6.47. The van der Waals surface area contributed by atoms with Crippen LogP contribution in [0.2, 0.25) is 0 Å². The monoisotopic (exact) mass is 290 g/mol. The number of hydrogen-bond donors (Lipinski definition) is 2. The lowest BCUT2D eigenvalue weighted by molar-refractivity contribution is 0.0942. The summed E-state index contributed by atoms with van der Waals surface area (Å²) in [5.74, 6) is -0.0345. The van der Waals surface area contributed by atoms with Crippen LogP contribution in [0.15, 0.2) is 23.6 Å². The molecule has 6 heteroatoms. The van der Waals surface area contributed by atoms with E-state index in [4.69, 9.17) is 0 Å². The number of amides is 1. The van der Waals surface area contributed by atoms with Crippen molar-refractivity contribution in [3.63, 3.8) is 0 Å². The van der Waals surface area contributed by atoms with Gasteiger partial charge in [0, 0.05) is 22.7 Å². The third-order valence-corrected chi connectivity index (χ3v) is 3.32. The molecule has 1 aromatic heterocycles. The molecule has 0 aliphatic carbocycles. The first-order valence-corrected chi connectivity index (χ1v) is 7.31. The molecule has 1 amide bonds. The lowest BCUT2D eigenvalue weighted by Crippen LogP contribution is -2.30. The third-order valence-electron chi connectivity index (χ3n) is 2.77. The normalized spacial score (nSPS) is 10.6. The summed E-state index contributed by atoms with van der Waals surface area (Å²) in [5.41, 5.74) is 3.54. The molecular weight excluding hydrogens is 272 g/mol. The van der Waals surface area contributed by atoms with Crippen LogP contribution in [0.3, 0.4) is 0 Å². The second-order valence-electron chi connectivity index (χ2n) is 4.91. The number of hydrogen-bond acceptors (Lipinski definition) is 5. The van der Waals surface area contributed by atoms with E-state index in [9.17, 15) is 4.79 Å². The first-order chi connectivity index (χ1) is 9.56. The molecule has 0 radical (unpaired) electrons. The number of anilines is 1. The smallest absolute Gasteiger partial charge is 0.251 e. The van der Waals surface area contributed by atoms with E-state index in [1.807, 2.05) is 44.4 Å². The fraction of sp³-hybridized carbons (Fsp3) is 0.357. The molecule has 0 atom stereocenters. The number of carbonyl (C=O) groups excluding carboxylic acids is 1. The van der Waals surface area contributed by atoms with Crippen LogP contribution < -0.4 is 10.6 Å². The highest BCUT2D eigenvalue weighted by Gasteiger charge is 2.10. The molecular formula is C14H18N4OS. The highest BCUT2D eigenvalue weighted by atomic mass is 32.1. The van der Waals surface area contributed by atoms with Gasteiger partial charge in [0.2, 0.25) is 0 Å². The van der Waals surface area contributed by atoms with Gasteiger partial charge in [-0.15, -0.1) is 5.10 Å². The molecule has 2 rings (SSSR count). The lowest BCUT2D eigenvalue weighted by atomic mass is 10.1. The van der Waals surface area contributed by atoms with Crippen molar-refractivity contribution in [1.82, 2.24) is 14.9 Å². The zero-order chi connectivity index (χ0) is 14.5. The Hall–Kier alpha value is -1.95. The first kappa shape index (κ1) is 14.5. The van der Waals surface area contributed by atoms with Crippen LogP contribution >= 0.6 is 11.5 Å². The summed E-state index contributed by atoms with van der Waals surface area (Å²) in [6.07, 6.45) is 0. The molecule has 0 saturated heterocycles. The van der Waals surface area contributed by atoms with Crippen molar-refractivity contribution >= 4 is 23.1 Å². The van der Waals surface area contributed by atoms with Gasteiger partial charge in [-0.05, 0) is 56.1 Å². The molecule has 0 aliphatic heterocycles. The maximum absolute atomic E-state index is 12.0. The van der Waals surface area contributed by atoms with Crippen molar-refractivity contribution in [3.05, 3.63) is 40.4 Å². The summed E-state index contributed by atoms with van der Waals surface area (Å²) in [4.78, 5) is 12.0. The predicted octanol–water partition coefficient (Wildman–Crippen LogP) is 2.60. The van der Waals surface area contributed by atoms with E-state index < -0.39 is 0 Å². The van der Waals surface area contributed by atoms with Crippen LogP contribution in [0.1, 0.15) is 35.5 Å². The average molecular weight is 290 g/mol. The molecule has 0 bridgehead atoms. The molecule has 1 aromatic carbocycles. The number of aromatic nitrogens is 2. The summed E-state index contributed by atoms with van der Waals surface area (Å²) in [7, 11) is 0. The van der Waals surface area contributed by atoms with Crippen molar-refractivity contribution in [2.75, 3.05) is 5.32 Å². The van der Waals surface area contributed by atoms with Gasteiger partial charge in [-0.1, -0.05) is 4.49 Å². The Labute approximate surface area is 122 Å². The standard InChI is InChI=1S/C14H18N4OS/c1-9(2)16-14(19)13-5-4-11(6-10(13)3)15-7-12-8-20-18-17-12/h4-6,8-9,15H,7H2,1-3H3,(H,16,19). The van der Waals surface area contributed by atoms with Crippen LogP contribution in [0.5, 0.6) is 0 Å². The molecule has 2 N–H and O–H groups in total. The Balaban J connectivity index is 2.03. The number of nitrogens with zero attached hydrogens (tertiary/aromatic N) is 2. The molecule has 5 nitrogen and oxygen atoms in total. The average Bonchev–Trinajstić information content (AvgIpc) is 2.88. The van der Waals surface area contributed by atoms with Crippen LogP contribution in [0, 0.1) is 6.92 Å². The minimum Gasteiger partial charge on any atom is -0.379 e. The number of aryl methyl sites for hydroxylation is 1. The first-order valence-electron chi connectivity index (χ1n) is 6.47. The Kier molecular flexibility index (Phi) is 4.68. The van der Waals surface area contributed by atoms with E-state index in [-0.39, 0.29) is 11.9 Å². The molecule has 1 heterocycles. The van der Waals surface area contributed by atoms with Crippen molar-refractivity contribution in [3.8, 4) is 0 Å². The maximum Gasteiger partial charge on any atom is 0.251 e. The zero-order valence-corrected chi connectivity index (χ0v) is 12.6. The number of nitrogens with one attached hydrogen (secondary N) is 2. The van der Waals surface area contributed by atoms with E-state index >= 15 is 0 Å². The second-order valence-corrected chi connectivity index (χ2v) is 5.52. The molecule has 0 unspecified atom stereocenters. The number of benzene rings is 1. The van der Waals surface area contributed by atoms with Gasteiger partial charge < -0.3 is 10.6 Å². The third kappa shape index (κ3) is 3.77. The van der Waals surface area contributed by atoms with Crippen LogP contribution in [0.25, 0.3) is 0 Å². The molecule has 2 aromatic rings. The molecule has 106 valence electrons. The topological polar surface area (TPSA) is 66.9 Å². The summed E-state index contributed by atoms with van der Waals surface area (Å²) >= 11 is 1.34. The lowest BCUT2D eigenvalue weighted by Gasteiger charge is -2.12. The Bertz CT molecular complexity index is 581. The molecule has 0 spiro atoms. The van der Waals surface area contributed by atoms with E-state index in [2.05, 4.69) is 20.2 Å². The SMILES string of the molecule is Cc1cc(NCc2csnn2)ccc1C(=O)NC(C)C. The molecule has 0 fully saturated rings. The highest BCUT2D eigenvalue weighted by molar-refractivity contribution is 7.03. The van der Waals surface area contributed by atoms with E-state index in [1.165, 1.54) is 11.5 Å². The van der Waals surface area contributed by atoms with Crippen LogP contribution in [-0.4, -0.2) is 21.5 Å². The van der Waals surface area contributed by atoms with Crippen molar-refractivity contribution in [2.24, 2.45) is 0 Å². The quantitative estimate of drug-likeness (QED) is 0.888. The van der Waals surface area contributed by atoms with Crippen molar-refractivity contribution in [2.45, 2.75) is 33.4 Å². The van der Waals surface area contributed by atoms with E-state index in [0.29, 0.717) is 12.1 Å². The van der Waals surface area contributed by atoms with Gasteiger partial charge in [-0.25, -0.2) is 0 Å². The summed E-state index contributed by atoms with van der Waals surface area (Å²) in [6.45, 7) is 6.47. The number of rotatable bonds is 5. The largest absolute Gasteiger partial charge is 0.379 e. The Morgan fingerprint density at radius 1 is 1.40 bits per heavy atom. The molecule has 0 saturated carbocycles. The van der Waals surface area contributed by atoms with Gasteiger partial charge in [0.25, 0.3) is 5.91 Å². The van der Waals surface area contributed by atoms with Gasteiger partial charge >= 0.3 is 0 Å². The van der Waals surface area contributed by atoms with Crippen LogP contribution in [-0.2, 0) is 6.54 Å². The van der Waals surface area contributed by atoms with Gasteiger partial charge in [0.05, 0.1) is 12.2 Å².